The Morgan fingerprint density at radius 1 is 1.50 bits per heavy atom. The second kappa shape index (κ2) is 5.04. The maximum Gasteiger partial charge on any atom is 0.272 e. The van der Waals surface area contributed by atoms with Gasteiger partial charge in [-0.3, -0.25) is 10.1 Å². The van der Waals surface area contributed by atoms with Gasteiger partial charge in [0.1, 0.15) is 0 Å². The summed E-state index contributed by atoms with van der Waals surface area (Å²) in [7, 11) is 0. The molecule has 1 aliphatic rings. The molecule has 1 aliphatic heterocycles. The Kier molecular flexibility index (Phi) is 3.63. The van der Waals surface area contributed by atoms with Crippen molar-refractivity contribution in [2.75, 3.05) is 19.6 Å². The van der Waals surface area contributed by atoms with Crippen LogP contribution < -0.4 is 0 Å². The summed E-state index contributed by atoms with van der Waals surface area (Å²) < 4.78 is 0. The van der Waals surface area contributed by atoms with Gasteiger partial charge in [0.2, 0.25) is 0 Å². The van der Waals surface area contributed by atoms with Crippen molar-refractivity contribution in [1.82, 2.24) is 4.90 Å². The molecule has 1 N–H and O–H groups in total. The SMILES string of the molecule is CC1(O)CCN(CCc2ccccc2[N+](=O)[O-])C1. The molecule has 0 spiro atoms. The van der Waals surface area contributed by atoms with Crippen LogP contribution in [0, 0.1) is 10.1 Å². The lowest BCUT2D eigenvalue weighted by Crippen LogP contribution is -2.30. The van der Waals surface area contributed by atoms with E-state index >= 15 is 0 Å². The third-order valence-corrected chi connectivity index (χ3v) is 3.42. The molecule has 0 aromatic heterocycles. The van der Waals surface area contributed by atoms with Gasteiger partial charge in [0.25, 0.3) is 5.69 Å². The number of likely N-dealkylation sites (tertiary alicyclic amines) is 1. The highest BCUT2D eigenvalue weighted by molar-refractivity contribution is 5.39. The number of β-amino-alcohol motifs (C(OH)–C–C–N with tert-alkyl or cyclic N) is 1. The third-order valence-electron chi connectivity index (χ3n) is 3.42. The van der Waals surface area contributed by atoms with E-state index in [1.807, 2.05) is 13.0 Å². The zero-order valence-electron chi connectivity index (χ0n) is 10.5. The van der Waals surface area contributed by atoms with Crippen LogP contribution in [0.3, 0.4) is 0 Å². The molecule has 98 valence electrons. The Hall–Kier alpha value is -1.46. The maximum atomic E-state index is 10.9. The van der Waals surface area contributed by atoms with Gasteiger partial charge < -0.3 is 10.0 Å². The fraction of sp³-hybridized carbons (Fsp3) is 0.538. The van der Waals surface area contributed by atoms with Crippen LogP contribution >= 0.6 is 0 Å². The molecule has 0 radical (unpaired) electrons. The summed E-state index contributed by atoms with van der Waals surface area (Å²) in [6.07, 6.45) is 1.41. The van der Waals surface area contributed by atoms with Crippen LogP contribution in [-0.4, -0.2) is 40.2 Å². The number of aliphatic hydroxyl groups is 1. The molecule has 0 bridgehead atoms. The monoisotopic (exact) mass is 250 g/mol. The smallest absolute Gasteiger partial charge is 0.272 e. The van der Waals surface area contributed by atoms with E-state index in [0.29, 0.717) is 13.0 Å². The van der Waals surface area contributed by atoms with Crippen molar-refractivity contribution >= 4 is 5.69 Å². The molecule has 1 aromatic rings. The Bertz CT molecular complexity index is 446. The minimum Gasteiger partial charge on any atom is -0.389 e. The molecule has 2 rings (SSSR count). The van der Waals surface area contributed by atoms with Crippen molar-refractivity contribution in [2.45, 2.75) is 25.4 Å². The highest BCUT2D eigenvalue weighted by Gasteiger charge is 2.31. The molecular weight excluding hydrogens is 232 g/mol. The van der Waals surface area contributed by atoms with E-state index < -0.39 is 5.60 Å². The second-order valence-electron chi connectivity index (χ2n) is 5.16. The number of para-hydroxylation sites is 1. The first kappa shape index (κ1) is 13.0. The van der Waals surface area contributed by atoms with E-state index in [-0.39, 0.29) is 10.6 Å². The first-order valence-corrected chi connectivity index (χ1v) is 6.15. The average Bonchev–Trinajstić information content (AvgIpc) is 2.66. The van der Waals surface area contributed by atoms with Crippen LogP contribution in [0.1, 0.15) is 18.9 Å². The molecule has 1 fully saturated rings. The van der Waals surface area contributed by atoms with Gasteiger partial charge in [0.15, 0.2) is 0 Å². The van der Waals surface area contributed by atoms with Crippen molar-refractivity contribution in [3.05, 3.63) is 39.9 Å². The van der Waals surface area contributed by atoms with E-state index in [0.717, 1.165) is 25.1 Å². The van der Waals surface area contributed by atoms with Crippen molar-refractivity contribution < 1.29 is 10.0 Å². The molecule has 5 nitrogen and oxygen atoms in total. The molecule has 1 heterocycles. The molecule has 1 aromatic carbocycles. The van der Waals surface area contributed by atoms with Crippen LogP contribution in [0.25, 0.3) is 0 Å². The summed E-state index contributed by atoms with van der Waals surface area (Å²) in [5, 5.41) is 20.7. The average molecular weight is 250 g/mol. The lowest BCUT2D eigenvalue weighted by molar-refractivity contribution is -0.385. The highest BCUT2D eigenvalue weighted by atomic mass is 16.6. The van der Waals surface area contributed by atoms with Crippen molar-refractivity contribution in [3.8, 4) is 0 Å². The Morgan fingerprint density at radius 2 is 2.22 bits per heavy atom. The second-order valence-corrected chi connectivity index (χ2v) is 5.16. The van der Waals surface area contributed by atoms with Gasteiger partial charge in [-0.05, 0) is 19.8 Å². The van der Waals surface area contributed by atoms with Crippen LogP contribution in [0.4, 0.5) is 5.69 Å². The minimum absolute atomic E-state index is 0.184. The Balaban J connectivity index is 1.97. The summed E-state index contributed by atoms with van der Waals surface area (Å²) in [4.78, 5) is 12.7. The number of nitro benzene ring substituents is 1. The number of nitrogens with zero attached hydrogens (tertiary/aromatic N) is 2. The zero-order chi connectivity index (χ0) is 13.2. The molecular formula is C13H18N2O3. The van der Waals surface area contributed by atoms with Crippen molar-refractivity contribution in [1.29, 1.82) is 0 Å². The molecule has 1 unspecified atom stereocenters. The van der Waals surface area contributed by atoms with Gasteiger partial charge in [-0.2, -0.15) is 0 Å². The number of rotatable bonds is 4. The minimum atomic E-state index is -0.609. The summed E-state index contributed by atoms with van der Waals surface area (Å²) in [5.41, 5.74) is 0.334. The molecule has 1 saturated heterocycles. The van der Waals surface area contributed by atoms with E-state index in [4.69, 9.17) is 0 Å². The van der Waals surface area contributed by atoms with Crippen LogP contribution in [-0.2, 0) is 6.42 Å². The first-order chi connectivity index (χ1) is 8.48. The third kappa shape index (κ3) is 3.05. The van der Waals surface area contributed by atoms with Gasteiger partial charge in [-0.15, -0.1) is 0 Å². The largest absolute Gasteiger partial charge is 0.389 e. The number of hydrogen-bond acceptors (Lipinski definition) is 4. The predicted octanol–water partition coefficient (Wildman–Crippen LogP) is 1.59. The van der Waals surface area contributed by atoms with Crippen LogP contribution in [0.5, 0.6) is 0 Å². The quantitative estimate of drug-likeness (QED) is 0.651. The fourth-order valence-corrected chi connectivity index (χ4v) is 2.41. The van der Waals surface area contributed by atoms with E-state index in [1.54, 1.807) is 12.1 Å². The number of nitro groups is 1. The van der Waals surface area contributed by atoms with E-state index in [1.165, 1.54) is 6.07 Å². The van der Waals surface area contributed by atoms with Gasteiger partial charge in [-0.1, -0.05) is 18.2 Å². The lowest BCUT2D eigenvalue weighted by atomic mass is 10.1. The summed E-state index contributed by atoms with van der Waals surface area (Å²) in [5.74, 6) is 0. The van der Waals surface area contributed by atoms with Gasteiger partial charge in [0, 0.05) is 31.3 Å². The number of hydrogen-bond donors (Lipinski definition) is 1. The van der Waals surface area contributed by atoms with Crippen LogP contribution in [0.2, 0.25) is 0 Å². The van der Waals surface area contributed by atoms with Crippen LogP contribution in [0.15, 0.2) is 24.3 Å². The van der Waals surface area contributed by atoms with Gasteiger partial charge in [-0.25, -0.2) is 0 Å². The normalized spacial score (nSPS) is 24.3. The summed E-state index contributed by atoms with van der Waals surface area (Å²) >= 11 is 0. The molecule has 1 atom stereocenters. The van der Waals surface area contributed by atoms with E-state index in [9.17, 15) is 15.2 Å². The van der Waals surface area contributed by atoms with Gasteiger partial charge in [0.05, 0.1) is 10.5 Å². The predicted molar refractivity (Wildman–Crippen MR) is 68.5 cm³/mol. The Morgan fingerprint density at radius 3 is 2.83 bits per heavy atom. The highest BCUT2D eigenvalue weighted by Crippen LogP contribution is 2.22. The Labute approximate surface area is 106 Å². The molecule has 18 heavy (non-hydrogen) atoms. The standard InChI is InChI=1S/C13H18N2O3/c1-13(16)7-9-14(10-13)8-6-11-4-2-3-5-12(11)15(17)18/h2-5,16H,6-10H2,1H3. The van der Waals surface area contributed by atoms with E-state index in [2.05, 4.69) is 4.90 Å². The lowest BCUT2D eigenvalue weighted by Gasteiger charge is -2.18. The molecule has 0 amide bonds. The summed E-state index contributed by atoms with van der Waals surface area (Å²) in [6, 6.07) is 6.84. The van der Waals surface area contributed by atoms with Gasteiger partial charge >= 0.3 is 0 Å². The molecule has 0 saturated carbocycles. The van der Waals surface area contributed by atoms with Crippen molar-refractivity contribution in [2.24, 2.45) is 0 Å². The summed E-state index contributed by atoms with van der Waals surface area (Å²) in [6.45, 7) is 4.08. The molecule has 5 heteroatoms. The maximum absolute atomic E-state index is 10.9. The fourth-order valence-electron chi connectivity index (χ4n) is 2.41. The zero-order valence-corrected chi connectivity index (χ0v) is 10.5. The topological polar surface area (TPSA) is 66.6 Å². The number of benzene rings is 1. The van der Waals surface area contributed by atoms with Crippen molar-refractivity contribution in [3.63, 3.8) is 0 Å². The molecule has 0 aliphatic carbocycles. The first-order valence-electron chi connectivity index (χ1n) is 6.15.